The van der Waals surface area contributed by atoms with Gasteiger partial charge in [-0.1, -0.05) is 24.3 Å². The van der Waals surface area contributed by atoms with Gasteiger partial charge in [0.1, 0.15) is 0 Å². The van der Waals surface area contributed by atoms with E-state index in [1.807, 2.05) is 19.0 Å². The Morgan fingerprint density at radius 3 is 2.70 bits per heavy atom. The summed E-state index contributed by atoms with van der Waals surface area (Å²) in [5.41, 5.74) is 0. The number of amides is 1. The highest BCUT2D eigenvalue weighted by molar-refractivity contribution is 7.89. The number of carbonyl (C=O) groups is 1. The topological polar surface area (TPSA) is 69.7 Å². The van der Waals surface area contributed by atoms with Gasteiger partial charge in [-0.15, -0.1) is 0 Å². The highest BCUT2D eigenvalue weighted by atomic mass is 32.2. The largest absolute Gasteiger partial charge is 0.348 e. The standard InChI is InChI=1S/C16H23N3O3S/c1-18(2)11-6-9-16(20)17-14-10-12-19(13-14)23(21,22)15-7-4-3-5-8-15/h3-9,14H,10-13H2,1-2H3,(H,17,20)/b9-6+/t14-/m0/s1. The van der Waals surface area contributed by atoms with E-state index in [2.05, 4.69) is 5.32 Å². The molecule has 1 aromatic rings. The van der Waals surface area contributed by atoms with Gasteiger partial charge < -0.3 is 10.2 Å². The molecule has 1 saturated heterocycles. The van der Waals surface area contributed by atoms with Crippen LogP contribution in [0.4, 0.5) is 0 Å². The van der Waals surface area contributed by atoms with Crippen LogP contribution in [0.3, 0.4) is 0 Å². The lowest BCUT2D eigenvalue weighted by atomic mass is 10.2. The molecule has 1 amide bonds. The second kappa shape index (κ2) is 7.72. The molecule has 23 heavy (non-hydrogen) atoms. The first-order valence-corrected chi connectivity index (χ1v) is 9.00. The van der Waals surface area contributed by atoms with Crippen molar-refractivity contribution in [2.75, 3.05) is 33.7 Å². The molecule has 0 radical (unpaired) electrons. The molecular weight excluding hydrogens is 314 g/mol. The summed E-state index contributed by atoms with van der Waals surface area (Å²) in [6.07, 6.45) is 3.90. The molecular formula is C16H23N3O3S. The Labute approximate surface area is 137 Å². The minimum Gasteiger partial charge on any atom is -0.348 e. The number of nitrogens with one attached hydrogen (secondary N) is 1. The minimum absolute atomic E-state index is 0.148. The molecule has 1 atom stereocenters. The molecule has 1 aliphatic rings. The molecule has 6 nitrogen and oxygen atoms in total. The van der Waals surface area contributed by atoms with Gasteiger partial charge in [-0.25, -0.2) is 8.42 Å². The quantitative estimate of drug-likeness (QED) is 0.775. The summed E-state index contributed by atoms with van der Waals surface area (Å²) in [6, 6.07) is 8.22. The Balaban J connectivity index is 1.91. The molecule has 0 saturated carbocycles. The monoisotopic (exact) mass is 337 g/mol. The first-order chi connectivity index (χ1) is 10.9. The zero-order chi connectivity index (χ0) is 16.9. The number of carbonyl (C=O) groups excluding carboxylic acids is 1. The van der Waals surface area contributed by atoms with E-state index in [-0.39, 0.29) is 16.8 Å². The van der Waals surface area contributed by atoms with Crippen LogP contribution < -0.4 is 5.32 Å². The first kappa shape index (κ1) is 17.7. The van der Waals surface area contributed by atoms with Gasteiger partial charge in [-0.05, 0) is 32.6 Å². The number of likely N-dealkylation sites (N-methyl/N-ethyl adjacent to an activating group) is 1. The van der Waals surface area contributed by atoms with E-state index in [4.69, 9.17) is 0 Å². The van der Waals surface area contributed by atoms with Crippen molar-refractivity contribution in [3.63, 3.8) is 0 Å². The van der Waals surface area contributed by atoms with Crippen molar-refractivity contribution in [2.45, 2.75) is 17.4 Å². The van der Waals surface area contributed by atoms with Gasteiger partial charge in [0.15, 0.2) is 0 Å². The fourth-order valence-corrected chi connectivity index (χ4v) is 3.95. The lowest BCUT2D eigenvalue weighted by Crippen LogP contribution is -2.37. The van der Waals surface area contributed by atoms with Gasteiger partial charge in [-0.3, -0.25) is 4.79 Å². The van der Waals surface area contributed by atoms with Gasteiger partial charge >= 0.3 is 0 Å². The van der Waals surface area contributed by atoms with Crippen LogP contribution in [0.15, 0.2) is 47.4 Å². The van der Waals surface area contributed by atoms with Gasteiger partial charge in [0, 0.05) is 31.8 Å². The molecule has 0 aliphatic carbocycles. The number of hydrogen-bond donors (Lipinski definition) is 1. The summed E-state index contributed by atoms with van der Waals surface area (Å²) >= 11 is 0. The van der Waals surface area contributed by atoms with Crippen LogP contribution in [0.25, 0.3) is 0 Å². The third kappa shape index (κ3) is 4.89. The fourth-order valence-electron chi connectivity index (χ4n) is 2.43. The van der Waals surface area contributed by atoms with E-state index in [0.29, 0.717) is 26.1 Å². The predicted octanol–water partition coefficient (Wildman–Crippen LogP) is 0.684. The van der Waals surface area contributed by atoms with Gasteiger partial charge in [-0.2, -0.15) is 4.31 Å². The number of hydrogen-bond acceptors (Lipinski definition) is 4. The van der Waals surface area contributed by atoms with Gasteiger partial charge in [0.25, 0.3) is 0 Å². The maximum Gasteiger partial charge on any atom is 0.243 e. The molecule has 1 N–H and O–H groups in total. The van der Waals surface area contributed by atoms with E-state index in [0.717, 1.165) is 0 Å². The molecule has 1 aromatic carbocycles. The Morgan fingerprint density at radius 1 is 1.35 bits per heavy atom. The summed E-state index contributed by atoms with van der Waals surface area (Å²) in [4.78, 5) is 14.1. The number of nitrogens with zero attached hydrogens (tertiary/aromatic N) is 2. The SMILES string of the molecule is CN(C)C/C=C/C(=O)N[C@H]1CCN(S(=O)(=O)c2ccccc2)C1. The van der Waals surface area contributed by atoms with Crippen LogP contribution in [0.1, 0.15) is 6.42 Å². The fraction of sp³-hybridized carbons (Fsp3) is 0.438. The second-order valence-electron chi connectivity index (χ2n) is 5.83. The second-order valence-corrected chi connectivity index (χ2v) is 7.77. The summed E-state index contributed by atoms with van der Waals surface area (Å²) in [7, 11) is 0.366. The average Bonchev–Trinajstić information content (AvgIpc) is 2.97. The molecule has 0 aromatic heterocycles. The van der Waals surface area contributed by atoms with E-state index in [1.165, 1.54) is 10.4 Å². The van der Waals surface area contributed by atoms with Crippen molar-refractivity contribution in [1.82, 2.24) is 14.5 Å². The molecule has 0 bridgehead atoms. The molecule has 1 heterocycles. The van der Waals surface area contributed by atoms with Crippen molar-refractivity contribution >= 4 is 15.9 Å². The van der Waals surface area contributed by atoms with Crippen LogP contribution in [0, 0.1) is 0 Å². The number of benzene rings is 1. The number of rotatable bonds is 6. The molecule has 126 valence electrons. The Hall–Kier alpha value is -1.70. The molecule has 2 rings (SSSR count). The zero-order valence-electron chi connectivity index (χ0n) is 13.5. The van der Waals surface area contributed by atoms with Crippen LogP contribution in [0.5, 0.6) is 0 Å². The van der Waals surface area contributed by atoms with Gasteiger partial charge in [0.2, 0.25) is 15.9 Å². The lowest BCUT2D eigenvalue weighted by molar-refractivity contribution is -0.117. The van der Waals surface area contributed by atoms with Crippen LogP contribution >= 0.6 is 0 Å². The molecule has 0 unspecified atom stereocenters. The molecule has 0 spiro atoms. The highest BCUT2D eigenvalue weighted by Gasteiger charge is 2.32. The van der Waals surface area contributed by atoms with Crippen LogP contribution in [0.2, 0.25) is 0 Å². The van der Waals surface area contributed by atoms with E-state index < -0.39 is 10.0 Å². The third-order valence-electron chi connectivity index (χ3n) is 3.62. The Bertz CT molecular complexity index is 656. The smallest absolute Gasteiger partial charge is 0.243 e. The lowest BCUT2D eigenvalue weighted by Gasteiger charge is -2.16. The van der Waals surface area contributed by atoms with Crippen molar-refractivity contribution in [1.29, 1.82) is 0 Å². The zero-order valence-corrected chi connectivity index (χ0v) is 14.3. The van der Waals surface area contributed by atoms with Crippen LogP contribution in [-0.4, -0.2) is 63.3 Å². The van der Waals surface area contributed by atoms with Crippen molar-refractivity contribution in [3.05, 3.63) is 42.5 Å². The van der Waals surface area contributed by atoms with E-state index in [9.17, 15) is 13.2 Å². The maximum absolute atomic E-state index is 12.5. The third-order valence-corrected chi connectivity index (χ3v) is 5.50. The normalized spacial score (nSPS) is 19.5. The molecule has 7 heteroatoms. The Morgan fingerprint density at radius 2 is 2.04 bits per heavy atom. The predicted molar refractivity (Wildman–Crippen MR) is 89.4 cm³/mol. The maximum atomic E-state index is 12.5. The van der Waals surface area contributed by atoms with E-state index in [1.54, 1.807) is 36.4 Å². The average molecular weight is 337 g/mol. The highest BCUT2D eigenvalue weighted by Crippen LogP contribution is 2.20. The van der Waals surface area contributed by atoms with Crippen molar-refractivity contribution < 1.29 is 13.2 Å². The van der Waals surface area contributed by atoms with Crippen molar-refractivity contribution in [3.8, 4) is 0 Å². The summed E-state index contributed by atoms with van der Waals surface area (Å²) in [5, 5.41) is 2.86. The molecule has 1 aliphatic heterocycles. The summed E-state index contributed by atoms with van der Waals surface area (Å²) < 4.78 is 26.4. The van der Waals surface area contributed by atoms with Crippen molar-refractivity contribution in [2.24, 2.45) is 0 Å². The number of sulfonamides is 1. The van der Waals surface area contributed by atoms with Gasteiger partial charge in [0.05, 0.1) is 4.90 Å². The minimum atomic E-state index is -3.48. The summed E-state index contributed by atoms with van der Waals surface area (Å²) in [6.45, 7) is 1.42. The van der Waals surface area contributed by atoms with Crippen LogP contribution in [-0.2, 0) is 14.8 Å². The first-order valence-electron chi connectivity index (χ1n) is 7.56. The van der Waals surface area contributed by atoms with E-state index >= 15 is 0 Å². The molecule has 1 fully saturated rings. The Kier molecular flexibility index (Phi) is 5.92. The summed E-state index contributed by atoms with van der Waals surface area (Å²) in [5.74, 6) is -0.184.